The van der Waals surface area contributed by atoms with Crippen molar-refractivity contribution in [3.63, 3.8) is 0 Å². The molecule has 0 spiro atoms. The van der Waals surface area contributed by atoms with Crippen molar-refractivity contribution in [2.75, 3.05) is 18.4 Å². The van der Waals surface area contributed by atoms with Crippen molar-refractivity contribution in [3.8, 4) is 0 Å². The van der Waals surface area contributed by atoms with Gasteiger partial charge in [-0.05, 0) is 38.0 Å². The van der Waals surface area contributed by atoms with Crippen LogP contribution in [0, 0.1) is 0 Å². The lowest BCUT2D eigenvalue weighted by atomic mass is 10.0. The number of hydrogen-bond donors (Lipinski definition) is 1. The molecule has 0 bridgehead atoms. The highest BCUT2D eigenvalue weighted by Crippen LogP contribution is 2.19. The molecule has 0 aliphatic carbocycles. The Kier molecular flexibility index (Phi) is 4.94. The SMILES string of the molecule is CC(=O)c1ccccc1C(=O)N1CCC[C@H](Nc2ccccc2)C1. The van der Waals surface area contributed by atoms with E-state index in [2.05, 4.69) is 5.32 Å². The number of piperidine rings is 1. The van der Waals surface area contributed by atoms with E-state index < -0.39 is 0 Å². The molecule has 1 amide bonds. The summed E-state index contributed by atoms with van der Waals surface area (Å²) in [6, 6.07) is 17.3. The molecule has 0 saturated carbocycles. The molecule has 1 heterocycles. The summed E-state index contributed by atoms with van der Waals surface area (Å²) in [5.41, 5.74) is 2.08. The summed E-state index contributed by atoms with van der Waals surface area (Å²) in [6.07, 6.45) is 1.99. The molecule has 1 aliphatic heterocycles. The molecule has 0 aromatic heterocycles. The molecule has 124 valence electrons. The second-order valence-corrected chi connectivity index (χ2v) is 6.20. The zero-order valence-corrected chi connectivity index (χ0v) is 13.9. The van der Waals surface area contributed by atoms with Crippen molar-refractivity contribution in [2.24, 2.45) is 0 Å². The highest BCUT2D eigenvalue weighted by Gasteiger charge is 2.26. The van der Waals surface area contributed by atoms with Crippen molar-refractivity contribution >= 4 is 17.4 Å². The first-order valence-corrected chi connectivity index (χ1v) is 8.36. The molecule has 1 aliphatic rings. The number of anilines is 1. The summed E-state index contributed by atoms with van der Waals surface area (Å²) >= 11 is 0. The maximum atomic E-state index is 12.9. The normalized spacial score (nSPS) is 17.4. The monoisotopic (exact) mass is 322 g/mol. The molecule has 4 nitrogen and oxygen atoms in total. The Morgan fingerprint density at radius 1 is 1.00 bits per heavy atom. The number of benzene rings is 2. The van der Waals surface area contributed by atoms with Gasteiger partial charge in [0.05, 0.1) is 5.56 Å². The van der Waals surface area contributed by atoms with Gasteiger partial charge >= 0.3 is 0 Å². The average Bonchev–Trinajstić information content (AvgIpc) is 2.62. The maximum absolute atomic E-state index is 12.9. The summed E-state index contributed by atoms with van der Waals surface area (Å²) < 4.78 is 0. The molecule has 2 aromatic carbocycles. The maximum Gasteiger partial charge on any atom is 0.254 e. The first kappa shape index (κ1) is 16.2. The van der Waals surface area contributed by atoms with Crippen molar-refractivity contribution in [3.05, 3.63) is 65.7 Å². The van der Waals surface area contributed by atoms with E-state index in [0.29, 0.717) is 17.7 Å². The lowest BCUT2D eigenvalue weighted by Crippen LogP contribution is -2.45. The molecular weight excluding hydrogens is 300 g/mol. The van der Waals surface area contributed by atoms with E-state index in [1.807, 2.05) is 41.3 Å². The Bertz CT molecular complexity index is 727. The van der Waals surface area contributed by atoms with Gasteiger partial charge in [-0.25, -0.2) is 0 Å². The van der Waals surface area contributed by atoms with Gasteiger partial charge in [0.2, 0.25) is 0 Å². The van der Waals surface area contributed by atoms with E-state index in [4.69, 9.17) is 0 Å². The lowest BCUT2D eigenvalue weighted by Gasteiger charge is -2.34. The minimum Gasteiger partial charge on any atom is -0.381 e. The molecule has 1 saturated heterocycles. The number of rotatable bonds is 4. The molecule has 1 fully saturated rings. The van der Waals surface area contributed by atoms with Crippen LogP contribution >= 0.6 is 0 Å². The van der Waals surface area contributed by atoms with Crippen LogP contribution in [0.4, 0.5) is 5.69 Å². The zero-order valence-electron chi connectivity index (χ0n) is 13.9. The number of carbonyl (C=O) groups is 2. The van der Waals surface area contributed by atoms with Crippen LogP contribution in [-0.2, 0) is 0 Å². The van der Waals surface area contributed by atoms with Gasteiger partial charge in [-0.3, -0.25) is 9.59 Å². The van der Waals surface area contributed by atoms with Crippen LogP contribution in [0.25, 0.3) is 0 Å². The lowest BCUT2D eigenvalue weighted by molar-refractivity contribution is 0.0710. The van der Waals surface area contributed by atoms with E-state index in [-0.39, 0.29) is 17.7 Å². The third kappa shape index (κ3) is 3.65. The number of ketones is 1. The Morgan fingerprint density at radius 3 is 2.38 bits per heavy atom. The van der Waals surface area contributed by atoms with Crippen molar-refractivity contribution in [1.29, 1.82) is 0 Å². The summed E-state index contributed by atoms with van der Waals surface area (Å²) in [4.78, 5) is 26.5. The quantitative estimate of drug-likeness (QED) is 0.875. The summed E-state index contributed by atoms with van der Waals surface area (Å²) in [6.45, 7) is 2.89. The van der Waals surface area contributed by atoms with Crippen molar-refractivity contribution in [1.82, 2.24) is 4.90 Å². The number of hydrogen-bond acceptors (Lipinski definition) is 3. The molecule has 0 radical (unpaired) electrons. The van der Waals surface area contributed by atoms with Crippen LogP contribution in [0.2, 0.25) is 0 Å². The fourth-order valence-electron chi connectivity index (χ4n) is 3.20. The molecule has 1 atom stereocenters. The molecule has 0 unspecified atom stereocenters. The van der Waals surface area contributed by atoms with Gasteiger partial charge in [-0.15, -0.1) is 0 Å². The van der Waals surface area contributed by atoms with Crippen LogP contribution < -0.4 is 5.32 Å². The molecule has 3 rings (SSSR count). The van der Waals surface area contributed by atoms with Gasteiger partial charge in [0.1, 0.15) is 0 Å². The van der Waals surface area contributed by atoms with Gasteiger partial charge in [-0.2, -0.15) is 0 Å². The molecule has 2 aromatic rings. The number of likely N-dealkylation sites (tertiary alicyclic amines) is 1. The van der Waals surface area contributed by atoms with Crippen LogP contribution in [0.3, 0.4) is 0 Å². The molecular formula is C20H22N2O2. The minimum absolute atomic E-state index is 0.0552. The van der Waals surface area contributed by atoms with E-state index >= 15 is 0 Å². The van der Waals surface area contributed by atoms with Gasteiger partial charge in [-0.1, -0.05) is 36.4 Å². The van der Waals surface area contributed by atoms with Gasteiger partial charge in [0.15, 0.2) is 5.78 Å². The van der Waals surface area contributed by atoms with Crippen molar-refractivity contribution in [2.45, 2.75) is 25.8 Å². The number of carbonyl (C=O) groups excluding carboxylic acids is 2. The third-order valence-corrected chi connectivity index (χ3v) is 4.39. The Morgan fingerprint density at radius 2 is 1.67 bits per heavy atom. The second kappa shape index (κ2) is 7.30. The highest BCUT2D eigenvalue weighted by atomic mass is 16.2. The predicted molar refractivity (Wildman–Crippen MR) is 95.4 cm³/mol. The first-order chi connectivity index (χ1) is 11.6. The third-order valence-electron chi connectivity index (χ3n) is 4.39. The number of nitrogens with zero attached hydrogens (tertiary/aromatic N) is 1. The van der Waals surface area contributed by atoms with Gasteiger partial charge in [0.25, 0.3) is 5.91 Å². The van der Waals surface area contributed by atoms with Crippen LogP contribution in [0.1, 0.15) is 40.5 Å². The minimum atomic E-state index is -0.0741. The van der Waals surface area contributed by atoms with E-state index in [1.165, 1.54) is 6.92 Å². The average molecular weight is 322 g/mol. The largest absolute Gasteiger partial charge is 0.381 e. The zero-order chi connectivity index (χ0) is 16.9. The topological polar surface area (TPSA) is 49.4 Å². The van der Waals surface area contributed by atoms with Crippen molar-refractivity contribution < 1.29 is 9.59 Å². The Labute approximate surface area is 142 Å². The fraction of sp³-hybridized carbons (Fsp3) is 0.300. The molecule has 1 N–H and O–H groups in total. The van der Waals surface area contributed by atoms with E-state index in [0.717, 1.165) is 25.1 Å². The van der Waals surface area contributed by atoms with E-state index in [9.17, 15) is 9.59 Å². The summed E-state index contributed by atoms with van der Waals surface area (Å²) in [5.74, 6) is -0.129. The van der Waals surface area contributed by atoms with Crippen LogP contribution in [0.5, 0.6) is 0 Å². The van der Waals surface area contributed by atoms with Crippen LogP contribution in [0.15, 0.2) is 54.6 Å². The van der Waals surface area contributed by atoms with Crippen LogP contribution in [-0.4, -0.2) is 35.7 Å². The summed E-state index contributed by atoms with van der Waals surface area (Å²) in [7, 11) is 0. The smallest absolute Gasteiger partial charge is 0.254 e. The first-order valence-electron chi connectivity index (χ1n) is 8.36. The summed E-state index contributed by atoms with van der Waals surface area (Å²) in [5, 5.41) is 3.49. The van der Waals surface area contributed by atoms with Gasteiger partial charge in [0, 0.05) is 30.4 Å². The Hall–Kier alpha value is -2.62. The van der Waals surface area contributed by atoms with E-state index in [1.54, 1.807) is 18.2 Å². The Balaban J connectivity index is 1.73. The molecule has 4 heteroatoms. The number of amides is 1. The van der Waals surface area contributed by atoms with Gasteiger partial charge < -0.3 is 10.2 Å². The number of para-hydroxylation sites is 1. The fourth-order valence-corrected chi connectivity index (χ4v) is 3.20. The standard InChI is InChI=1S/C20H22N2O2/c1-15(23)18-11-5-6-12-19(18)20(24)22-13-7-10-17(14-22)21-16-8-3-2-4-9-16/h2-6,8-9,11-12,17,21H,7,10,13-14H2,1H3/t17-/m0/s1. The second-order valence-electron chi connectivity index (χ2n) is 6.20. The predicted octanol–water partition coefficient (Wildman–Crippen LogP) is 3.61. The molecule has 24 heavy (non-hydrogen) atoms. The number of nitrogens with one attached hydrogen (secondary N) is 1. The highest BCUT2D eigenvalue weighted by molar-refractivity contribution is 6.07. The number of Topliss-reactive ketones (excluding diaryl/α,β-unsaturated/α-hetero) is 1.